The van der Waals surface area contributed by atoms with Crippen LogP contribution < -0.4 is 0 Å². The normalized spacial score (nSPS) is 11.2. The van der Waals surface area contributed by atoms with E-state index in [4.69, 9.17) is 11.6 Å². The number of alkyl halides is 1. The first-order chi connectivity index (χ1) is 10.1. The zero-order valence-corrected chi connectivity index (χ0v) is 13.7. The molecule has 0 aliphatic rings. The number of rotatable bonds is 3. The van der Waals surface area contributed by atoms with Gasteiger partial charge in [-0.15, -0.1) is 11.6 Å². The summed E-state index contributed by atoms with van der Waals surface area (Å²) in [5.74, 6) is 0.155. The molecule has 0 radical (unpaired) electrons. The van der Waals surface area contributed by atoms with Gasteiger partial charge in [0.2, 0.25) is 0 Å². The van der Waals surface area contributed by atoms with Crippen molar-refractivity contribution in [3.05, 3.63) is 63.0 Å². The fourth-order valence-corrected chi connectivity index (χ4v) is 2.90. The maximum Gasteiger partial charge on any atom is 0.138 e. The summed E-state index contributed by atoms with van der Waals surface area (Å²) in [6, 6.07) is 9.58. The molecule has 0 amide bonds. The Morgan fingerprint density at radius 1 is 1.14 bits per heavy atom. The lowest BCUT2D eigenvalue weighted by atomic mass is 10.2. The molecule has 0 aliphatic heterocycles. The summed E-state index contributed by atoms with van der Waals surface area (Å²) in [5.41, 5.74) is 1.79. The van der Waals surface area contributed by atoms with Gasteiger partial charge in [-0.2, -0.15) is 0 Å². The van der Waals surface area contributed by atoms with Crippen molar-refractivity contribution in [3.8, 4) is 0 Å². The second kappa shape index (κ2) is 5.88. The summed E-state index contributed by atoms with van der Waals surface area (Å²) in [6.07, 6.45) is 0. The maximum absolute atomic E-state index is 13.8. The van der Waals surface area contributed by atoms with Crippen molar-refractivity contribution < 1.29 is 8.78 Å². The summed E-state index contributed by atoms with van der Waals surface area (Å²) >= 11 is 7.83. The van der Waals surface area contributed by atoms with Crippen LogP contribution in [0.1, 0.15) is 11.4 Å². The van der Waals surface area contributed by atoms with E-state index in [-0.39, 0.29) is 24.1 Å². The number of aromatic nitrogens is 2. The van der Waals surface area contributed by atoms with Crippen LogP contribution in [0.5, 0.6) is 0 Å². The molecule has 0 spiro atoms. The van der Waals surface area contributed by atoms with Crippen molar-refractivity contribution in [2.45, 2.75) is 12.4 Å². The van der Waals surface area contributed by atoms with Crippen LogP contribution in [-0.2, 0) is 12.4 Å². The molecule has 3 aromatic rings. The van der Waals surface area contributed by atoms with Crippen LogP contribution in [-0.4, -0.2) is 9.55 Å². The average molecular weight is 419 g/mol. The van der Waals surface area contributed by atoms with Gasteiger partial charge in [0.15, 0.2) is 0 Å². The van der Waals surface area contributed by atoms with Crippen molar-refractivity contribution in [1.29, 1.82) is 0 Å². The van der Waals surface area contributed by atoms with Crippen molar-refractivity contribution in [2.24, 2.45) is 0 Å². The van der Waals surface area contributed by atoms with Crippen molar-refractivity contribution in [2.75, 3.05) is 0 Å². The smallest absolute Gasteiger partial charge is 0.138 e. The Kier molecular flexibility index (Phi) is 4.12. The molecule has 108 valence electrons. The van der Waals surface area contributed by atoms with Gasteiger partial charge in [0.1, 0.15) is 17.5 Å². The topological polar surface area (TPSA) is 17.8 Å². The highest BCUT2D eigenvalue weighted by Gasteiger charge is 2.14. The van der Waals surface area contributed by atoms with Gasteiger partial charge >= 0.3 is 0 Å². The molecular formula is C15H10ClF2IN2. The molecule has 0 bridgehead atoms. The average Bonchev–Trinajstić information content (AvgIpc) is 2.79. The molecule has 0 N–H and O–H groups in total. The van der Waals surface area contributed by atoms with Crippen LogP contribution >= 0.6 is 34.2 Å². The maximum atomic E-state index is 13.8. The van der Waals surface area contributed by atoms with Crippen LogP contribution in [0, 0.1) is 15.2 Å². The van der Waals surface area contributed by atoms with Gasteiger partial charge in [-0.3, -0.25) is 0 Å². The van der Waals surface area contributed by atoms with E-state index in [0.29, 0.717) is 26.0 Å². The summed E-state index contributed by atoms with van der Waals surface area (Å²) < 4.78 is 29.9. The van der Waals surface area contributed by atoms with Gasteiger partial charge in [0.05, 0.1) is 27.0 Å². The number of hydrogen-bond acceptors (Lipinski definition) is 1. The molecule has 0 aliphatic carbocycles. The lowest BCUT2D eigenvalue weighted by Crippen LogP contribution is -2.05. The molecule has 1 aromatic heterocycles. The van der Waals surface area contributed by atoms with E-state index in [0.717, 1.165) is 0 Å². The van der Waals surface area contributed by atoms with E-state index >= 15 is 0 Å². The molecule has 1 heterocycles. The monoisotopic (exact) mass is 418 g/mol. The van der Waals surface area contributed by atoms with Gasteiger partial charge < -0.3 is 4.57 Å². The van der Waals surface area contributed by atoms with Crippen molar-refractivity contribution in [3.63, 3.8) is 0 Å². The molecule has 2 nitrogen and oxygen atoms in total. The molecule has 0 fully saturated rings. The predicted octanol–water partition coefficient (Wildman–Crippen LogP) is 4.71. The zero-order chi connectivity index (χ0) is 15.0. The van der Waals surface area contributed by atoms with Crippen LogP contribution in [0.2, 0.25) is 0 Å². The van der Waals surface area contributed by atoms with Crippen LogP contribution in [0.15, 0.2) is 36.4 Å². The third-order valence-corrected chi connectivity index (χ3v) is 4.34. The highest BCUT2D eigenvalue weighted by molar-refractivity contribution is 14.1. The van der Waals surface area contributed by atoms with Crippen LogP contribution in [0.25, 0.3) is 11.0 Å². The Balaban J connectivity index is 2.16. The van der Waals surface area contributed by atoms with E-state index in [1.807, 2.05) is 22.6 Å². The van der Waals surface area contributed by atoms with E-state index in [9.17, 15) is 8.78 Å². The van der Waals surface area contributed by atoms with Crippen molar-refractivity contribution >= 4 is 45.2 Å². The number of nitrogens with zero attached hydrogens (tertiary/aromatic N) is 2. The van der Waals surface area contributed by atoms with E-state index in [1.165, 1.54) is 12.1 Å². The SMILES string of the molecule is Fc1cc2c(cc1I)nc(CCl)n2Cc1ccccc1F. The highest BCUT2D eigenvalue weighted by atomic mass is 127. The largest absolute Gasteiger partial charge is 0.322 e. The summed E-state index contributed by atoms with van der Waals surface area (Å²) in [6.45, 7) is 0.269. The Morgan fingerprint density at radius 2 is 1.90 bits per heavy atom. The Labute approximate surface area is 138 Å². The molecule has 21 heavy (non-hydrogen) atoms. The molecule has 6 heteroatoms. The van der Waals surface area contributed by atoms with Gasteiger partial charge in [-0.1, -0.05) is 18.2 Å². The van der Waals surface area contributed by atoms with Crippen molar-refractivity contribution in [1.82, 2.24) is 9.55 Å². The first kappa shape index (κ1) is 14.7. The number of imidazole rings is 1. The first-order valence-electron chi connectivity index (χ1n) is 6.23. The zero-order valence-electron chi connectivity index (χ0n) is 10.8. The Hall–Kier alpha value is -1.21. The highest BCUT2D eigenvalue weighted by Crippen LogP contribution is 2.24. The summed E-state index contributed by atoms with van der Waals surface area (Å²) in [7, 11) is 0. The minimum absolute atomic E-state index is 0.182. The van der Waals surface area contributed by atoms with Gasteiger partial charge in [-0.25, -0.2) is 13.8 Å². The molecular weight excluding hydrogens is 409 g/mol. The first-order valence-corrected chi connectivity index (χ1v) is 7.85. The lowest BCUT2D eigenvalue weighted by Gasteiger charge is -2.09. The predicted molar refractivity (Wildman–Crippen MR) is 87.5 cm³/mol. The Bertz CT molecular complexity index is 817. The third-order valence-electron chi connectivity index (χ3n) is 3.28. The molecule has 3 rings (SSSR count). The minimum atomic E-state index is -0.320. The third kappa shape index (κ3) is 2.76. The summed E-state index contributed by atoms with van der Waals surface area (Å²) in [5, 5.41) is 0. The molecule has 0 unspecified atom stereocenters. The standard InChI is InChI=1S/C15H10ClF2IN2/c16-7-15-20-13-6-12(19)11(18)5-14(13)21(15)8-9-3-1-2-4-10(9)17/h1-6H,7-8H2. The second-order valence-electron chi connectivity index (χ2n) is 4.59. The van der Waals surface area contributed by atoms with Gasteiger partial charge in [0.25, 0.3) is 0 Å². The Morgan fingerprint density at radius 3 is 2.62 bits per heavy atom. The quantitative estimate of drug-likeness (QED) is 0.445. The van der Waals surface area contributed by atoms with E-state index < -0.39 is 0 Å². The number of hydrogen-bond donors (Lipinski definition) is 0. The number of halogens is 4. The molecule has 0 atom stereocenters. The summed E-state index contributed by atoms with van der Waals surface area (Å²) in [4.78, 5) is 4.40. The van der Waals surface area contributed by atoms with Gasteiger partial charge in [-0.05, 0) is 34.7 Å². The number of benzene rings is 2. The molecule has 0 saturated carbocycles. The fourth-order valence-electron chi connectivity index (χ4n) is 2.25. The minimum Gasteiger partial charge on any atom is -0.322 e. The number of fused-ring (bicyclic) bond motifs is 1. The second-order valence-corrected chi connectivity index (χ2v) is 6.02. The lowest BCUT2D eigenvalue weighted by molar-refractivity contribution is 0.598. The molecule has 0 saturated heterocycles. The van der Waals surface area contributed by atoms with E-state index in [1.54, 1.807) is 28.8 Å². The molecule has 2 aromatic carbocycles. The van der Waals surface area contributed by atoms with Crippen LogP contribution in [0.4, 0.5) is 8.78 Å². The fraction of sp³-hybridized carbons (Fsp3) is 0.133. The van der Waals surface area contributed by atoms with E-state index in [2.05, 4.69) is 4.98 Å². The van der Waals surface area contributed by atoms with Crippen LogP contribution in [0.3, 0.4) is 0 Å². The van der Waals surface area contributed by atoms with Gasteiger partial charge in [0, 0.05) is 11.6 Å².